The number of hydrogen-bond donors (Lipinski definition) is 1. The van der Waals surface area contributed by atoms with Gasteiger partial charge < -0.3 is 9.64 Å². The van der Waals surface area contributed by atoms with Gasteiger partial charge in [0, 0.05) is 12.1 Å². The lowest BCUT2D eigenvalue weighted by Crippen LogP contribution is -2.47. The average molecular weight is 345 g/mol. The van der Waals surface area contributed by atoms with Gasteiger partial charge in [0.25, 0.3) is 0 Å². The fraction of sp³-hybridized carbons (Fsp3) is 0.682. The number of likely N-dealkylation sites (tertiary alicyclic amines) is 1. The Morgan fingerprint density at radius 1 is 1.28 bits per heavy atom. The van der Waals surface area contributed by atoms with E-state index < -0.39 is 0 Å². The zero-order valence-electron chi connectivity index (χ0n) is 16.6. The Morgan fingerprint density at radius 2 is 2.08 bits per heavy atom. The molecule has 1 aliphatic heterocycles. The van der Waals surface area contributed by atoms with Gasteiger partial charge in [-0.25, -0.2) is 0 Å². The predicted octanol–water partition coefficient (Wildman–Crippen LogP) is 5.23. The zero-order valence-corrected chi connectivity index (χ0v) is 16.6. The van der Waals surface area contributed by atoms with E-state index in [9.17, 15) is 0 Å². The van der Waals surface area contributed by atoms with Gasteiger partial charge in [-0.15, -0.1) is 0 Å². The third-order valence-electron chi connectivity index (χ3n) is 5.97. The quantitative estimate of drug-likeness (QED) is 0.398. The van der Waals surface area contributed by atoms with Gasteiger partial charge in [0.2, 0.25) is 5.90 Å². The summed E-state index contributed by atoms with van der Waals surface area (Å²) in [5, 5.41) is 8.07. The minimum Gasteiger partial charge on any atom is -0.478 e. The van der Waals surface area contributed by atoms with Crippen LogP contribution >= 0.6 is 0 Å². The first-order valence-corrected chi connectivity index (χ1v) is 10.1. The summed E-state index contributed by atoms with van der Waals surface area (Å²) in [6, 6.07) is 8.47. The van der Waals surface area contributed by atoms with Gasteiger partial charge in [-0.1, -0.05) is 52.2 Å². The number of hydrogen-bond acceptors (Lipinski definition) is 3. The molecule has 0 radical (unpaired) electrons. The fourth-order valence-corrected chi connectivity index (χ4v) is 3.95. The molecule has 2 atom stereocenters. The molecule has 2 unspecified atom stereocenters. The second-order valence-corrected chi connectivity index (χ2v) is 7.77. The summed E-state index contributed by atoms with van der Waals surface area (Å²) in [6.45, 7) is 13.1. The van der Waals surface area contributed by atoms with Crippen molar-refractivity contribution in [1.82, 2.24) is 4.90 Å². The Balaban J connectivity index is 2.02. The number of ether oxygens (including phenoxy) is 1. The molecule has 1 heterocycles. The number of piperidine rings is 1. The minimum absolute atomic E-state index is 0.183. The molecular formula is C22H36N2O. The van der Waals surface area contributed by atoms with Crippen LogP contribution in [0.3, 0.4) is 0 Å². The largest absolute Gasteiger partial charge is 0.478 e. The van der Waals surface area contributed by atoms with E-state index >= 15 is 0 Å². The molecule has 0 bridgehead atoms. The van der Waals surface area contributed by atoms with Crippen LogP contribution in [0, 0.1) is 11.3 Å². The van der Waals surface area contributed by atoms with Gasteiger partial charge in [0.15, 0.2) is 0 Å². The molecule has 1 aromatic carbocycles. The number of nitrogens with one attached hydrogen (secondary N) is 1. The Kier molecular flexibility index (Phi) is 7.49. The molecule has 1 fully saturated rings. The zero-order chi connectivity index (χ0) is 18.3. The molecule has 1 saturated heterocycles. The normalized spacial score (nSPS) is 24.2. The second-order valence-electron chi connectivity index (χ2n) is 7.77. The van der Waals surface area contributed by atoms with Crippen molar-refractivity contribution in [3.63, 3.8) is 0 Å². The number of rotatable bonds is 8. The van der Waals surface area contributed by atoms with E-state index in [1.165, 1.54) is 57.3 Å². The van der Waals surface area contributed by atoms with Crippen LogP contribution in [0.4, 0.5) is 0 Å². The predicted molar refractivity (Wildman–Crippen MR) is 107 cm³/mol. The summed E-state index contributed by atoms with van der Waals surface area (Å²) >= 11 is 0. The maximum atomic E-state index is 8.07. The van der Waals surface area contributed by atoms with E-state index in [1.807, 2.05) is 13.0 Å². The number of nitrogens with zero attached hydrogens (tertiary/aromatic N) is 1. The van der Waals surface area contributed by atoms with Crippen LogP contribution in [-0.4, -0.2) is 37.0 Å². The van der Waals surface area contributed by atoms with Crippen LogP contribution in [0.25, 0.3) is 0 Å². The van der Waals surface area contributed by atoms with Crippen LogP contribution in [0.2, 0.25) is 0 Å². The third-order valence-corrected chi connectivity index (χ3v) is 5.97. The minimum atomic E-state index is 0.183. The van der Waals surface area contributed by atoms with Crippen molar-refractivity contribution in [1.29, 1.82) is 5.41 Å². The Hall–Kier alpha value is -1.35. The number of unbranched alkanes of at least 4 members (excludes halogenated alkanes) is 3. The van der Waals surface area contributed by atoms with Gasteiger partial charge in [-0.2, -0.15) is 0 Å². The summed E-state index contributed by atoms with van der Waals surface area (Å²) < 4.78 is 5.39. The molecule has 25 heavy (non-hydrogen) atoms. The SMILES string of the molecule is CCCCCCN1CCC(C)(c2cccc(C(=N)OCC)c2)C(C)C1. The van der Waals surface area contributed by atoms with E-state index in [2.05, 4.69) is 43.9 Å². The van der Waals surface area contributed by atoms with Gasteiger partial charge in [0.1, 0.15) is 0 Å². The Morgan fingerprint density at radius 3 is 2.76 bits per heavy atom. The van der Waals surface area contributed by atoms with Gasteiger partial charge in [-0.05, 0) is 61.9 Å². The van der Waals surface area contributed by atoms with Crippen molar-refractivity contribution in [2.75, 3.05) is 26.2 Å². The molecule has 0 amide bonds. The lowest BCUT2D eigenvalue weighted by atomic mass is 9.68. The molecule has 1 aliphatic rings. The highest BCUT2D eigenvalue weighted by Gasteiger charge is 2.37. The maximum absolute atomic E-state index is 8.07. The van der Waals surface area contributed by atoms with Crippen molar-refractivity contribution in [2.24, 2.45) is 5.92 Å². The van der Waals surface area contributed by atoms with E-state index in [1.54, 1.807) is 0 Å². The summed E-state index contributed by atoms with van der Waals surface area (Å²) in [4.78, 5) is 2.65. The van der Waals surface area contributed by atoms with Crippen LogP contribution < -0.4 is 0 Å². The van der Waals surface area contributed by atoms with Crippen LogP contribution in [0.15, 0.2) is 24.3 Å². The molecule has 0 saturated carbocycles. The second kappa shape index (κ2) is 9.38. The van der Waals surface area contributed by atoms with E-state index in [0.29, 0.717) is 12.5 Å². The first-order valence-electron chi connectivity index (χ1n) is 10.1. The molecular weight excluding hydrogens is 308 g/mol. The highest BCUT2D eigenvalue weighted by Crippen LogP contribution is 2.39. The Bertz CT molecular complexity index is 557. The smallest absolute Gasteiger partial charge is 0.213 e. The highest BCUT2D eigenvalue weighted by atomic mass is 16.5. The van der Waals surface area contributed by atoms with E-state index in [0.717, 1.165) is 5.56 Å². The van der Waals surface area contributed by atoms with Gasteiger partial charge in [-0.3, -0.25) is 5.41 Å². The molecule has 3 nitrogen and oxygen atoms in total. The van der Waals surface area contributed by atoms with E-state index in [4.69, 9.17) is 10.1 Å². The molecule has 1 N–H and O–H groups in total. The first kappa shape index (κ1) is 20.0. The molecule has 1 aromatic rings. The lowest BCUT2D eigenvalue weighted by Gasteiger charge is -2.45. The van der Waals surface area contributed by atoms with Crippen LogP contribution in [-0.2, 0) is 10.2 Å². The molecule has 0 aromatic heterocycles. The van der Waals surface area contributed by atoms with Gasteiger partial charge >= 0.3 is 0 Å². The van der Waals surface area contributed by atoms with Crippen LogP contribution in [0.1, 0.15) is 70.9 Å². The average Bonchev–Trinajstić information content (AvgIpc) is 2.62. The molecule has 0 spiro atoms. The summed E-state index contributed by atoms with van der Waals surface area (Å²) in [5.74, 6) is 0.901. The van der Waals surface area contributed by atoms with E-state index in [-0.39, 0.29) is 11.3 Å². The topological polar surface area (TPSA) is 36.3 Å². The molecule has 0 aliphatic carbocycles. The summed E-state index contributed by atoms with van der Waals surface area (Å²) in [6.07, 6.45) is 6.55. The van der Waals surface area contributed by atoms with Gasteiger partial charge in [0.05, 0.1) is 6.61 Å². The molecule has 3 heteroatoms. The van der Waals surface area contributed by atoms with Crippen molar-refractivity contribution < 1.29 is 4.74 Å². The molecule has 140 valence electrons. The lowest BCUT2D eigenvalue weighted by molar-refractivity contribution is 0.109. The molecule has 2 rings (SSSR count). The third kappa shape index (κ3) is 5.07. The van der Waals surface area contributed by atoms with Crippen molar-refractivity contribution in [2.45, 2.75) is 65.2 Å². The summed E-state index contributed by atoms with van der Waals surface area (Å²) in [7, 11) is 0. The van der Waals surface area contributed by atoms with Crippen LogP contribution in [0.5, 0.6) is 0 Å². The number of benzene rings is 1. The maximum Gasteiger partial charge on any atom is 0.213 e. The van der Waals surface area contributed by atoms with Crippen molar-refractivity contribution >= 4 is 5.90 Å². The monoisotopic (exact) mass is 344 g/mol. The standard InChI is InChI=1S/C22H36N2O/c1-5-7-8-9-14-24-15-13-22(4,18(3)17-24)20-12-10-11-19(16-20)21(23)25-6-2/h10-12,16,18,23H,5-9,13-15,17H2,1-4H3. The van der Waals surface area contributed by atoms with Crippen molar-refractivity contribution in [3.8, 4) is 0 Å². The Labute approximate surface area is 154 Å². The highest BCUT2D eigenvalue weighted by molar-refractivity contribution is 5.91. The van der Waals surface area contributed by atoms with Crippen molar-refractivity contribution in [3.05, 3.63) is 35.4 Å². The fourth-order valence-electron chi connectivity index (χ4n) is 3.95. The first-order chi connectivity index (χ1) is 12.0. The summed E-state index contributed by atoms with van der Waals surface area (Å²) in [5.41, 5.74) is 2.44.